The molecule has 0 radical (unpaired) electrons. The van der Waals surface area contributed by atoms with Gasteiger partial charge in [0, 0.05) is 19.0 Å². The number of nitrogens with one attached hydrogen (secondary N) is 1. The number of rotatable bonds is 0. The van der Waals surface area contributed by atoms with Crippen molar-refractivity contribution in [2.45, 2.75) is 19.3 Å². The number of anilines is 1. The topological polar surface area (TPSA) is 32.3 Å². The maximum Gasteiger partial charge on any atom is 0.321 e. The second-order valence-electron chi connectivity index (χ2n) is 4.69. The summed E-state index contributed by atoms with van der Waals surface area (Å²) in [5.74, 6) is -0.314. The van der Waals surface area contributed by atoms with Gasteiger partial charge in [-0.1, -0.05) is 19.9 Å². The lowest BCUT2D eigenvalue weighted by Crippen LogP contribution is -2.39. The van der Waals surface area contributed by atoms with E-state index in [2.05, 4.69) is 5.32 Å². The molecule has 16 heavy (non-hydrogen) atoms. The molecule has 4 heteroatoms. The summed E-state index contributed by atoms with van der Waals surface area (Å²) in [6.07, 6.45) is 0. The van der Waals surface area contributed by atoms with Gasteiger partial charge in [0.1, 0.15) is 5.82 Å². The Balaban J connectivity index is 2.52. The van der Waals surface area contributed by atoms with Crippen molar-refractivity contribution < 1.29 is 9.18 Å². The van der Waals surface area contributed by atoms with Gasteiger partial charge in [-0.05, 0) is 17.7 Å². The largest absolute Gasteiger partial charge is 0.341 e. The summed E-state index contributed by atoms with van der Waals surface area (Å²) < 4.78 is 13.2. The molecule has 1 aliphatic heterocycles. The van der Waals surface area contributed by atoms with Gasteiger partial charge in [0.25, 0.3) is 0 Å². The SMILES string of the molecule is CNC(=O)N1CC(C)(C)c2ccc(F)cc21. The predicted molar refractivity (Wildman–Crippen MR) is 61.2 cm³/mol. The molecular formula is C12H15FN2O. The normalized spacial score (nSPS) is 17.1. The fourth-order valence-electron chi connectivity index (χ4n) is 2.18. The lowest BCUT2D eigenvalue weighted by atomic mass is 9.87. The average Bonchev–Trinajstić information content (AvgIpc) is 2.49. The molecule has 0 bridgehead atoms. The van der Waals surface area contributed by atoms with E-state index < -0.39 is 0 Å². The van der Waals surface area contributed by atoms with Crippen molar-refractivity contribution in [3.8, 4) is 0 Å². The number of hydrogen-bond acceptors (Lipinski definition) is 1. The van der Waals surface area contributed by atoms with E-state index in [1.54, 1.807) is 18.0 Å². The van der Waals surface area contributed by atoms with Gasteiger partial charge >= 0.3 is 6.03 Å². The van der Waals surface area contributed by atoms with Gasteiger partial charge in [-0.3, -0.25) is 4.90 Å². The van der Waals surface area contributed by atoms with Crippen LogP contribution in [0.2, 0.25) is 0 Å². The third kappa shape index (κ3) is 1.54. The van der Waals surface area contributed by atoms with Gasteiger partial charge in [-0.25, -0.2) is 9.18 Å². The molecule has 1 aromatic carbocycles. The van der Waals surface area contributed by atoms with E-state index in [4.69, 9.17) is 0 Å². The van der Waals surface area contributed by atoms with Crippen molar-refractivity contribution in [1.29, 1.82) is 0 Å². The molecule has 1 N–H and O–H groups in total. The molecule has 2 amide bonds. The molecule has 0 atom stereocenters. The minimum atomic E-state index is -0.314. The molecule has 0 unspecified atom stereocenters. The Bertz CT molecular complexity index is 443. The smallest absolute Gasteiger partial charge is 0.321 e. The maximum atomic E-state index is 13.2. The second kappa shape index (κ2) is 3.47. The van der Waals surface area contributed by atoms with E-state index in [0.29, 0.717) is 12.2 Å². The van der Waals surface area contributed by atoms with Crippen LogP contribution in [0.15, 0.2) is 18.2 Å². The third-order valence-corrected chi connectivity index (χ3v) is 2.99. The number of amides is 2. The first-order valence-corrected chi connectivity index (χ1v) is 5.25. The van der Waals surface area contributed by atoms with Crippen LogP contribution in [-0.2, 0) is 5.41 Å². The Morgan fingerprint density at radius 1 is 1.50 bits per heavy atom. The summed E-state index contributed by atoms with van der Waals surface area (Å²) in [4.78, 5) is 13.3. The zero-order chi connectivity index (χ0) is 11.9. The van der Waals surface area contributed by atoms with E-state index in [9.17, 15) is 9.18 Å². The van der Waals surface area contributed by atoms with Crippen molar-refractivity contribution in [2.75, 3.05) is 18.5 Å². The molecule has 3 nitrogen and oxygen atoms in total. The number of fused-ring (bicyclic) bond motifs is 1. The van der Waals surface area contributed by atoms with E-state index >= 15 is 0 Å². The van der Waals surface area contributed by atoms with Gasteiger partial charge in [0.05, 0.1) is 5.69 Å². The third-order valence-electron chi connectivity index (χ3n) is 2.99. The van der Waals surface area contributed by atoms with Crippen LogP contribution in [0.1, 0.15) is 19.4 Å². The van der Waals surface area contributed by atoms with Gasteiger partial charge < -0.3 is 5.32 Å². The van der Waals surface area contributed by atoms with Crippen LogP contribution in [-0.4, -0.2) is 19.6 Å². The highest BCUT2D eigenvalue weighted by Crippen LogP contribution is 2.40. The van der Waals surface area contributed by atoms with Crippen molar-refractivity contribution >= 4 is 11.7 Å². The zero-order valence-corrected chi connectivity index (χ0v) is 9.67. The summed E-state index contributed by atoms with van der Waals surface area (Å²) in [6.45, 7) is 4.67. The summed E-state index contributed by atoms with van der Waals surface area (Å²) >= 11 is 0. The minimum absolute atomic E-state index is 0.129. The number of hydrogen-bond donors (Lipinski definition) is 1. The number of urea groups is 1. The summed E-state index contributed by atoms with van der Waals surface area (Å²) in [5, 5.41) is 2.57. The molecule has 0 spiro atoms. The van der Waals surface area contributed by atoms with Crippen molar-refractivity contribution in [2.24, 2.45) is 0 Å². The monoisotopic (exact) mass is 222 g/mol. The molecular weight excluding hydrogens is 207 g/mol. The molecule has 0 fully saturated rings. The first-order chi connectivity index (χ1) is 7.45. The Labute approximate surface area is 94.3 Å². The van der Waals surface area contributed by atoms with Gasteiger partial charge in [0.15, 0.2) is 0 Å². The van der Waals surface area contributed by atoms with Crippen molar-refractivity contribution in [3.05, 3.63) is 29.6 Å². The van der Waals surface area contributed by atoms with E-state index in [-0.39, 0.29) is 17.3 Å². The van der Waals surface area contributed by atoms with Crippen LogP contribution in [0.25, 0.3) is 0 Å². The highest BCUT2D eigenvalue weighted by molar-refractivity contribution is 5.94. The summed E-state index contributed by atoms with van der Waals surface area (Å²) in [5.41, 5.74) is 1.55. The Hall–Kier alpha value is -1.58. The maximum absolute atomic E-state index is 13.2. The minimum Gasteiger partial charge on any atom is -0.341 e. The number of carbonyl (C=O) groups excluding carboxylic acids is 1. The molecule has 1 aromatic rings. The second-order valence-corrected chi connectivity index (χ2v) is 4.69. The highest BCUT2D eigenvalue weighted by atomic mass is 19.1. The average molecular weight is 222 g/mol. The standard InChI is InChI=1S/C12H15FN2O/c1-12(2)7-15(11(16)14-3)10-6-8(13)4-5-9(10)12/h4-6H,7H2,1-3H3,(H,14,16). The molecule has 0 saturated carbocycles. The molecule has 0 aromatic heterocycles. The lowest BCUT2D eigenvalue weighted by molar-refractivity contribution is 0.247. The molecule has 0 saturated heterocycles. The van der Waals surface area contributed by atoms with Gasteiger partial charge in [-0.2, -0.15) is 0 Å². The Morgan fingerprint density at radius 3 is 2.81 bits per heavy atom. The molecule has 0 aliphatic carbocycles. The van der Waals surface area contributed by atoms with E-state index in [1.165, 1.54) is 12.1 Å². The Kier molecular flexibility index (Phi) is 2.37. The first-order valence-electron chi connectivity index (χ1n) is 5.25. The van der Waals surface area contributed by atoms with Crippen LogP contribution in [0.5, 0.6) is 0 Å². The number of nitrogens with zero attached hydrogens (tertiary/aromatic N) is 1. The molecule has 1 heterocycles. The highest BCUT2D eigenvalue weighted by Gasteiger charge is 2.37. The number of halogens is 1. The Morgan fingerprint density at radius 2 is 2.19 bits per heavy atom. The van der Waals surface area contributed by atoms with E-state index in [0.717, 1.165) is 5.56 Å². The molecule has 2 rings (SSSR count). The zero-order valence-electron chi connectivity index (χ0n) is 9.67. The quantitative estimate of drug-likeness (QED) is 0.717. The summed E-state index contributed by atoms with van der Waals surface area (Å²) in [7, 11) is 1.58. The van der Waals surface area contributed by atoms with Gasteiger partial charge in [0.2, 0.25) is 0 Å². The number of carbonyl (C=O) groups is 1. The van der Waals surface area contributed by atoms with Crippen LogP contribution in [0.4, 0.5) is 14.9 Å². The predicted octanol–water partition coefficient (Wildman–Crippen LogP) is 2.26. The fourth-order valence-corrected chi connectivity index (χ4v) is 2.18. The molecule has 86 valence electrons. The number of benzene rings is 1. The fraction of sp³-hybridized carbons (Fsp3) is 0.417. The van der Waals surface area contributed by atoms with E-state index in [1.807, 2.05) is 13.8 Å². The van der Waals surface area contributed by atoms with Gasteiger partial charge in [-0.15, -0.1) is 0 Å². The van der Waals surface area contributed by atoms with Crippen LogP contribution >= 0.6 is 0 Å². The van der Waals surface area contributed by atoms with Crippen molar-refractivity contribution in [1.82, 2.24) is 5.32 Å². The summed E-state index contributed by atoms with van der Waals surface area (Å²) in [6, 6.07) is 4.42. The first kappa shape index (κ1) is 10.9. The lowest BCUT2D eigenvalue weighted by Gasteiger charge is -2.20. The van der Waals surface area contributed by atoms with Crippen LogP contribution in [0, 0.1) is 5.82 Å². The molecule has 1 aliphatic rings. The van der Waals surface area contributed by atoms with Crippen LogP contribution in [0.3, 0.4) is 0 Å². The van der Waals surface area contributed by atoms with Crippen molar-refractivity contribution in [3.63, 3.8) is 0 Å². The van der Waals surface area contributed by atoms with Crippen LogP contribution < -0.4 is 10.2 Å².